The van der Waals surface area contributed by atoms with Crippen molar-refractivity contribution in [2.75, 3.05) is 25.6 Å². The maximum atomic E-state index is 11.7. The summed E-state index contributed by atoms with van der Waals surface area (Å²) >= 11 is 6.15. The van der Waals surface area contributed by atoms with Gasteiger partial charge in [-0.3, -0.25) is 4.57 Å². The molecule has 2 aliphatic rings. The van der Waals surface area contributed by atoms with Crippen molar-refractivity contribution in [1.29, 1.82) is 0 Å². The number of fused-ring (bicyclic) bond motifs is 1. The normalized spacial score (nSPS) is 26.2. The van der Waals surface area contributed by atoms with E-state index in [2.05, 4.69) is 20.4 Å². The lowest BCUT2D eigenvalue weighted by Gasteiger charge is -2.23. The summed E-state index contributed by atoms with van der Waals surface area (Å²) in [6, 6.07) is 0.237. The van der Waals surface area contributed by atoms with Gasteiger partial charge in [-0.25, -0.2) is 9.48 Å². The number of nitrogens with one attached hydrogen (secondary N) is 1. The Morgan fingerprint density at radius 1 is 1.29 bits per heavy atom. The first-order valence-corrected chi connectivity index (χ1v) is 14.1. The SMILES string of the molecule is COCC(CC(OC[C@H]1O[C@@H](n2ncc3c(NC4CCCC4)nc(Cl)nc32)[C@H](O)[C@@H]1O)C(=O)O)P(=O)(O)O. The lowest BCUT2D eigenvalue weighted by Crippen LogP contribution is -2.37. The Bertz CT molecular complexity index is 1170. The van der Waals surface area contributed by atoms with Gasteiger partial charge in [0, 0.05) is 19.6 Å². The minimum absolute atomic E-state index is 0.0485. The molecule has 2 unspecified atom stereocenters. The van der Waals surface area contributed by atoms with Crippen molar-refractivity contribution in [3.8, 4) is 0 Å². The molecule has 3 heterocycles. The van der Waals surface area contributed by atoms with Gasteiger partial charge in [-0.15, -0.1) is 0 Å². The number of halogens is 1. The zero-order chi connectivity index (χ0) is 27.6. The van der Waals surface area contributed by atoms with E-state index in [0.29, 0.717) is 11.2 Å². The van der Waals surface area contributed by atoms with Crippen LogP contribution in [0.3, 0.4) is 0 Å². The topological polar surface area (TPSA) is 219 Å². The molecule has 0 amide bonds. The lowest BCUT2D eigenvalue weighted by atomic mass is 10.1. The summed E-state index contributed by atoms with van der Waals surface area (Å²) in [6.45, 7) is -0.870. The van der Waals surface area contributed by atoms with Crippen molar-refractivity contribution in [2.24, 2.45) is 0 Å². The second kappa shape index (κ2) is 12.1. The molecule has 2 fully saturated rings. The highest BCUT2D eigenvalue weighted by atomic mass is 35.5. The summed E-state index contributed by atoms with van der Waals surface area (Å²) in [4.78, 5) is 39.2. The number of nitrogens with zero attached hydrogens (tertiary/aromatic N) is 4. The Balaban J connectivity index is 1.48. The van der Waals surface area contributed by atoms with Crippen LogP contribution in [0.1, 0.15) is 38.3 Å². The van der Waals surface area contributed by atoms with Crippen molar-refractivity contribution in [1.82, 2.24) is 19.7 Å². The fraction of sp³-hybridized carbons (Fsp3) is 0.714. The zero-order valence-electron chi connectivity index (χ0n) is 20.5. The molecule has 4 rings (SSSR count). The quantitative estimate of drug-likeness (QED) is 0.149. The van der Waals surface area contributed by atoms with E-state index in [9.17, 15) is 34.5 Å². The van der Waals surface area contributed by atoms with E-state index in [1.54, 1.807) is 0 Å². The Kier molecular flexibility index (Phi) is 9.22. The first kappa shape index (κ1) is 29.1. The van der Waals surface area contributed by atoms with E-state index in [1.165, 1.54) is 18.0 Å². The maximum Gasteiger partial charge on any atom is 0.332 e. The van der Waals surface area contributed by atoms with Crippen LogP contribution in [0.4, 0.5) is 5.82 Å². The van der Waals surface area contributed by atoms with Gasteiger partial charge in [0.1, 0.15) is 24.1 Å². The number of aliphatic hydroxyl groups excluding tert-OH is 2. The molecule has 38 heavy (non-hydrogen) atoms. The van der Waals surface area contributed by atoms with Gasteiger partial charge < -0.3 is 44.6 Å². The van der Waals surface area contributed by atoms with E-state index in [4.69, 9.17) is 25.8 Å². The Hall–Kier alpha value is -1.94. The summed E-state index contributed by atoms with van der Waals surface area (Å²) in [7, 11) is -3.44. The number of hydrogen-bond acceptors (Lipinski definition) is 11. The van der Waals surface area contributed by atoms with Gasteiger partial charge in [-0.2, -0.15) is 15.1 Å². The minimum Gasteiger partial charge on any atom is -0.479 e. The van der Waals surface area contributed by atoms with Crippen LogP contribution in [0, 0.1) is 0 Å². The molecule has 6 atom stereocenters. The minimum atomic E-state index is -4.67. The van der Waals surface area contributed by atoms with Gasteiger partial charge in [0.15, 0.2) is 18.0 Å². The highest BCUT2D eigenvalue weighted by Crippen LogP contribution is 2.44. The first-order chi connectivity index (χ1) is 18.0. The van der Waals surface area contributed by atoms with Crippen LogP contribution in [0.15, 0.2) is 6.20 Å². The number of carboxylic acid groups (broad SMARTS) is 1. The van der Waals surface area contributed by atoms with E-state index in [0.717, 1.165) is 25.7 Å². The fourth-order valence-electron chi connectivity index (χ4n) is 4.72. The van der Waals surface area contributed by atoms with Crippen LogP contribution in [0.25, 0.3) is 11.0 Å². The third kappa shape index (κ3) is 6.43. The van der Waals surface area contributed by atoms with Crippen LogP contribution in [0.5, 0.6) is 0 Å². The number of carbonyl (C=O) groups is 1. The van der Waals surface area contributed by atoms with Gasteiger partial charge in [-0.1, -0.05) is 12.8 Å². The highest BCUT2D eigenvalue weighted by Gasteiger charge is 2.46. The first-order valence-electron chi connectivity index (χ1n) is 12.1. The molecule has 15 nitrogen and oxygen atoms in total. The number of rotatable bonds is 12. The predicted octanol–water partition coefficient (Wildman–Crippen LogP) is 0.506. The molecule has 1 saturated carbocycles. The summed E-state index contributed by atoms with van der Waals surface area (Å²) in [5.74, 6) is -0.970. The molecular formula is C21H31ClN5O10P. The van der Waals surface area contributed by atoms with Crippen LogP contribution in [-0.4, -0.2) is 107 Å². The van der Waals surface area contributed by atoms with E-state index < -0.39 is 62.9 Å². The highest BCUT2D eigenvalue weighted by molar-refractivity contribution is 7.52. The van der Waals surface area contributed by atoms with Crippen LogP contribution in [0.2, 0.25) is 5.28 Å². The van der Waals surface area contributed by atoms with Gasteiger partial charge in [0.05, 0.1) is 30.5 Å². The number of methoxy groups -OCH3 is 1. The molecule has 0 radical (unpaired) electrons. The number of ether oxygens (including phenoxy) is 3. The zero-order valence-corrected chi connectivity index (χ0v) is 22.1. The molecule has 0 aromatic carbocycles. The van der Waals surface area contributed by atoms with Crippen molar-refractivity contribution in [3.63, 3.8) is 0 Å². The number of aliphatic hydroxyl groups is 2. The van der Waals surface area contributed by atoms with Crippen molar-refractivity contribution in [2.45, 2.75) is 74.4 Å². The molecule has 1 aliphatic carbocycles. The Morgan fingerprint density at radius 3 is 2.63 bits per heavy atom. The van der Waals surface area contributed by atoms with Gasteiger partial charge in [0.2, 0.25) is 5.28 Å². The molecular weight excluding hydrogens is 549 g/mol. The average Bonchev–Trinajstić information content (AvgIpc) is 3.56. The van der Waals surface area contributed by atoms with Crippen molar-refractivity contribution in [3.05, 3.63) is 11.5 Å². The third-order valence-electron chi connectivity index (χ3n) is 6.76. The van der Waals surface area contributed by atoms with Crippen LogP contribution < -0.4 is 5.32 Å². The maximum absolute atomic E-state index is 11.7. The van der Waals surface area contributed by atoms with Gasteiger partial charge in [-0.05, 0) is 24.4 Å². The second-order valence-corrected chi connectivity index (χ2v) is 11.7. The number of aromatic nitrogens is 4. The third-order valence-corrected chi connectivity index (χ3v) is 8.24. The number of carboxylic acids is 1. The average molecular weight is 580 g/mol. The summed E-state index contributed by atoms with van der Waals surface area (Å²) in [6.07, 6.45) is -1.83. The molecule has 2 aromatic heterocycles. The second-order valence-electron chi connectivity index (χ2n) is 9.43. The predicted molar refractivity (Wildman–Crippen MR) is 132 cm³/mol. The van der Waals surface area contributed by atoms with E-state index in [1.807, 2.05) is 0 Å². The Labute approximate surface area is 222 Å². The number of anilines is 1. The molecule has 6 N–H and O–H groups in total. The Morgan fingerprint density at radius 2 is 2.00 bits per heavy atom. The summed E-state index contributed by atoms with van der Waals surface area (Å²) in [5, 5.41) is 38.9. The summed E-state index contributed by atoms with van der Waals surface area (Å²) < 4.78 is 28.9. The molecule has 1 aliphatic heterocycles. The summed E-state index contributed by atoms with van der Waals surface area (Å²) in [5.41, 5.74) is -1.15. The van der Waals surface area contributed by atoms with Gasteiger partial charge in [0.25, 0.3) is 0 Å². The molecule has 17 heteroatoms. The molecule has 0 spiro atoms. The van der Waals surface area contributed by atoms with Gasteiger partial charge >= 0.3 is 13.6 Å². The largest absolute Gasteiger partial charge is 0.479 e. The molecule has 1 saturated heterocycles. The van der Waals surface area contributed by atoms with E-state index >= 15 is 0 Å². The molecule has 212 valence electrons. The number of hydrogen-bond donors (Lipinski definition) is 6. The standard InChI is InChI=1S/C21H31ClN5O10P/c1-35-8-11(38(32,33)34)6-13(20(30)31)36-9-14-15(28)16(29)19(37-14)27-18-12(7-23-27)17(25-21(22)26-18)24-10-4-2-3-5-10/h7,10-11,13-16,19,28-29H,2-6,8-9H2,1H3,(H,30,31)(H,24,25,26)(H2,32,33,34)/t11?,13?,14-,15-,16-,19-/m1/s1. The molecule has 0 bridgehead atoms. The van der Waals surface area contributed by atoms with Crippen molar-refractivity contribution < 1.29 is 48.7 Å². The van der Waals surface area contributed by atoms with Crippen molar-refractivity contribution >= 4 is 42.0 Å². The fourth-order valence-corrected chi connectivity index (χ4v) is 5.69. The monoisotopic (exact) mass is 579 g/mol. The smallest absolute Gasteiger partial charge is 0.332 e. The lowest BCUT2D eigenvalue weighted by molar-refractivity contribution is -0.155. The van der Waals surface area contributed by atoms with E-state index in [-0.39, 0.29) is 23.6 Å². The number of aliphatic carboxylic acids is 1. The molecule has 2 aromatic rings. The van der Waals surface area contributed by atoms with Crippen LogP contribution >= 0.6 is 19.2 Å². The van der Waals surface area contributed by atoms with Crippen LogP contribution in [-0.2, 0) is 23.6 Å².